The molecule has 88 valence electrons. The number of halogens is 1. The molecule has 0 fully saturated rings. The highest BCUT2D eigenvalue weighted by molar-refractivity contribution is 9.10. The molecule has 0 spiro atoms. The van der Waals surface area contributed by atoms with E-state index < -0.39 is 0 Å². The fraction of sp³-hybridized carbons (Fsp3) is 0.200. The first-order chi connectivity index (χ1) is 8.15. The second-order valence-electron chi connectivity index (χ2n) is 4.19. The average Bonchev–Trinajstić information content (AvgIpc) is 2.31. The highest BCUT2D eigenvalue weighted by Crippen LogP contribution is 2.19. The topological polar surface area (TPSA) is 9.23 Å². The summed E-state index contributed by atoms with van der Waals surface area (Å²) in [6.45, 7) is 4.74. The van der Waals surface area contributed by atoms with E-state index in [1.54, 1.807) is 0 Å². The van der Waals surface area contributed by atoms with Crippen molar-refractivity contribution in [3.05, 3.63) is 63.6 Å². The fourth-order valence-electron chi connectivity index (χ4n) is 1.60. The molecule has 0 aliphatic heterocycles. The monoisotopic (exact) mass is 290 g/mol. The molecule has 0 atom stereocenters. The second kappa shape index (κ2) is 5.37. The standard InChI is InChI=1S/C15H15BrO/c1-11-4-3-5-14(8-11)17-10-13-7-6-12(2)15(16)9-13/h3-9H,10H2,1-2H3. The second-order valence-corrected chi connectivity index (χ2v) is 5.04. The first-order valence-electron chi connectivity index (χ1n) is 5.59. The van der Waals surface area contributed by atoms with Gasteiger partial charge in [-0.05, 0) is 48.7 Å². The SMILES string of the molecule is Cc1cccc(OCc2ccc(C)c(Br)c2)c1. The van der Waals surface area contributed by atoms with Gasteiger partial charge < -0.3 is 4.74 Å². The largest absolute Gasteiger partial charge is 0.489 e. The maximum Gasteiger partial charge on any atom is 0.120 e. The van der Waals surface area contributed by atoms with E-state index in [9.17, 15) is 0 Å². The van der Waals surface area contributed by atoms with Gasteiger partial charge in [0.15, 0.2) is 0 Å². The van der Waals surface area contributed by atoms with Gasteiger partial charge in [0.25, 0.3) is 0 Å². The Bertz CT molecular complexity index is 520. The molecule has 0 radical (unpaired) electrons. The van der Waals surface area contributed by atoms with Crippen LogP contribution in [0.5, 0.6) is 5.75 Å². The summed E-state index contributed by atoms with van der Waals surface area (Å²) in [5.41, 5.74) is 3.63. The van der Waals surface area contributed by atoms with Crippen molar-refractivity contribution >= 4 is 15.9 Å². The Labute approximate surface area is 111 Å². The van der Waals surface area contributed by atoms with Crippen LogP contribution in [0.15, 0.2) is 46.9 Å². The molecule has 2 heteroatoms. The molecule has 2 aromatic rings. The van der Waals surface area contributed by atoms with Crippen LogP contribution in [0.2, 0.25) is 0 Å². The van der Waals surface area contributed by atoms with E-state index in [0.717, 1.165) is 10.2 Å². The van der Waals surface area contributed by atoms with Crippen molar-refractivity contribution < 1.29 is 4.74 Å². The summed E-state index contributed by atoms with van der Waals surface area (Å²) in [5, 5.41) is 0. The van der Waals surface area contributed by atoms with Gasteiger partial charge in [-0.3, -0.25) is 0 Å². The molecule has 0 N–H and O–H groups in total. The number of hydrogen-bond donors (Lipinski definition) is 0. The summed E-state index contributed by atoms with van der Waals surface area (Å²) in [4.78, 5) is 0. The highest BCUT2D eigenvalue weighted by atomic mass is 79.9. The molecule has 2 aromatic carbocycles. The zero-order chi connectivity index (χ0) is 12.3. The Morgan fingerprint density at radius 2 is 1.88 bits per heavy atom. The quantitative estimate of drug-likeness (QED) is 0.800. The van der Waals surface area contributed by atoms with Crippen molar-refractivity contribution in [2.45, 2.75) is 20.5 Å². The first-order valence-corrected chi connectivity index (χ1v) is 6.39. The fourth-order valence-corrected chi connectivity index (χ4v) is 2.02. The summed E-state index contributed by atoms with van der Waals surface area (Å²) >= 11 is 3.53. The molecule has 0 aliphatic carbocycles. The first kappa shape index (κ1) is 12.2. The molecule has 0 heterocycles. The van der Waals surface area contributed by atoms with Crippen LogP contribution in [0.25, 0.3) is 0 Å². The van der Waals surface area contributed by atoms with Crippen molar-refractivity contribution in [2.75, 3.05) is 0 Å². The smallest absolute Gasteiger partial charge is 0.120 e. The van der Waals surface area contributed by atoms with Gasteiger partial charge in [-0.15, -0.1) is 0 Å². The Morgan fingerprint density at radius 1 is 1.06 bits per heavy atom. The predicted molar refractivity (Wildman–Crippen MR) is 74.4 cm³/mol. The minimum absolute atomic E-state index is 0.600. The summed E-state index contributed by atoms with van der Waals surface area (Å²) in [6.07, 6.45) is 0. The molecule has 0 amide bonds. The van der Waals surface area contributed by atoms with Gasteiger partial charge in [-0.2, -0.15) is 0 Å². The highest BCUT2D eigenvalue weighted by Gasteiger charge is 1.99. The van der Waals surface area contributed by atoms with Crippen molar-refractivity contribution in [2.24, 2.45) is 0 Å². The average molecular weight is 291 g/mol. The lowest BCUT2D eigenvalue weighted by Gasteiger charge is -2.08. The van der Waals surface area contributed by atoms with Crippen molar-refractivity contribution in [1.82, 2.24) is 0 Å². The van der Waals surface area contributed by atoms with Gasteiger partial charge in [0.1, 0.15) is 12.4 Å². The van der Waals surface area contributed by atoms with E-state index in [4.69, 9.17) is 4.74 Å². The molecule has 17 heavy (non-hydrogen) atoms. The maximum absolute atomic E-state index is 5.75. The lowest BCUT2D eigenvalue weighted by Crippen LogP contribution is -1.96. The minimum atomic E-state index is 0.600. The Balaban J connectivity index is 2.05. The van der Waals surface area contributed by atoms with Gasteiger partial charge in [0, 0.05) is 4.47 Å². The van der Waals surface area contributed by atoms with Crippen LogP contribution >= 0.6 is 15.9 Å². The van der Waals surface area contributed by atoms with E-state index in [1.807, 2.05) is 18.2 Å². The third-order valence-electron chi connectivity index (χ3n) is 2.63. The molecule has 0 aliphatic rings. The van der Waals surface area contributed by atoms with Gasteiger partial charge in [-0.25, -0.2) is 0 Å². The molecule has 0 aromatic heterocycles. The van der Waals surface area contributed by atoms with Crippen LogP contribution < -0.4 is 4.74 Å². The number of ether oxygens (including phenoxy) is 1. The van der Waals surface area contributed by atoms with Crippen LogP contribution in [-0.4, -0.2) is 0 Å². The van der Waals surface area contributed by atoms with Gasteiger partial charge in [0.2, 0.25) is 0 Å². The van der Waals surface area contributed by atoms with Crippen molar-refractivity contribution in [3.8, 4) is 5.75 Å². The summed E-state index contributed by atoms with van der Waals surface area (Å²) < 4.78 is 6.87. The normalized spacial score (nSPS) is 10.3. The van der Waals surface area contributed by atoms with Gasteiger partial charge >= 0.3 is 0 Å². The van der Waals surface area contributed by atoms with Crippen LogP contribution in [0.4, 0.5) is 0 Å². The van der Waals surface area contributed by atoms with E-state index >= 15 is 0 Å². The molecule has 0 saturated heterocycles. The lowest BCUT2D eigenvalue weighted by atomic mass is 10.2. The van der Waals surface area contributed by atoms with E-state index in [1.165, 1.54) is 16.7 Å². The number of rotatable bonds is 3. The third-order valence-corrected chi connectivity index (χ3v) is 3.49. The van der Waals surface area contributed by atoms with Crippen molar-refractivity contribution in [1.29, 1.82) is 0 Å². The third kappa shape index (κ3) is 3.34. The summed E-state index contributed by atoms with van der Waals surface area (Å²) in [5.74, 6) is 0.918. The summed E-state index contributed by atoms with van der Waals surface area (Å²) in [6, 6.07) is 14.4. The van der Waals surface area contributed by atoms with Gasteiger partial charge in [-0.1, -0.05) is 40.2 Å². The molecule has 0 bridgehead atoms. The van der Waals surface area contributed by atoms with Crippen LogP contribution in [0, 0.1) is 13.8 Å². The zero-order valence-corrected chi connectivity index (χ0v) is 11.6. The molecule has 0 saturated carbocycles. The van der Waals surface area contributed by atoms with Gasteiger partial charge in [0.05, 0.1) is 0 Å². The van der Waals surface area contributed by atoms with E-state index in [0.29, 0.717) is 6.61 Å². The van der Waals surface area contributed by atoms with Crippen LogP contribution in [-0.2, 0) is 6.61 Å². The maximum atomic E-state index is 5.75. The Morgan fingerprint density at radius 3 is 2.59 bits per heavy atom. The Hall–Kier alpha value is -1.28. The minimum Gasteiger partial charge on any atom is -0.489 e. The molecule has 1 nitrogen and oxygen atoms in total. The molecule has 0 unspecified atom stereocenters. The number of aryl methyl sites for hydroxylation is 2. The van der Waals surface area contributed by atoms with Crippen LogP contribution in [0.3, 0.4) is 0 Å². The van der Waals surface area contributed by atoms with Crippen LogP contribution in [0.1, 0.15) is 16.7 Å². The predicted octanol–water partition coefficient (Wildman–Crippen LogP) is 4.64. The van der Waals surface area contributed by atoms with E-state index in [2.05, 4.69) is 54.0 Å². The lowest BCUT2D eigenvalue weighted by molar-refractivity contribution is 0.306. The molecular formula is C15H15BrO. The Kier molecular flexibility index (Phi) is 3.85. The van der Waals surface area contributed by atoms with E-state index in [-0.39, 0.29) is 0 Å². The summed E-state index contributed by atoms with van der Waals surface area (Å²) in [7, 11) is 0. The number of hydrogen-bond acceptors (Lipinski definition) is 1. The number of benzene rings is 2. The molecule has 2 rings (SSSR count). The molecular weight excluding hydrogens is 276 g/mol. The van der Waals surface area contributed by atoms with Crippen molar-refractivity contribution in [3.63, 3.8) is 0 Å². The zero-order valence-electron chi connectivity index (χ0n) is 10.0.